The van der Waals surface area contributed by atoms with Gasteiger partial charge in [-0.05, 0) is 50.2 Å². The van der Waals surface area contributed by atoms with Crippen molar-refractivity contribution in [1.82, 2.24) is 9.55 Å². The second-order valence-corrected chi connectivity index (χ2v) is 6.46. The number of aryl methyl sites for hydroxylation is 3. The molecule has 0 amide bonds. The first-order valence-corrected chi connectivity index (χ1v) is 7.54. The van der Waals surface area contributed by atoms with Crippen LogP contribution in [0.2, 0.25) is 0 Å². The maximum absolute atomic E-state index is 12.8. The lowest BCUT2D eigenvalue weighted by Gasteiger charge is -2.09. The predicted octanol–water partition coefficient (Wildman–Crippen LogP) is 4.04. The van der Waals surface area contributed by atoms with E-state index >= 15 is 0 Å². The number of fused-ring (bicyclic) bond motifs is 1. The maximum Gasteiger partial charge on any atom is 0.267 e. The minimum Gasteiger partial charge on any atom is -0.323 e. The fourth-order valence-electron chi connectivity index (χ4n) is 2.36. The van der Waals surface area contributed by atoms with Crippen LogP contribution in [0.1, 0.15) is 16.0 Å². The maximum atomic E-state index is 12.8. The lowest BCUT2D eigenvalue weighted by Crippen LogP contribution is -2.21. The van der Waals surface area contributed by atoms with Crippen LogP contribution in [0, 0.1) is 25.5 Å². The molecule has 0 aliphatic rings. The molecular weight excluding hydrogens is 288 g/mol. The highest BCUT2D eigenvalue weighted by Crippen LogP contribution is 2.26. The highest BCUT2D eigenvalue weighted by Gasteiger charge is 2.14. The summed E-state index contributed by atoms with van der Waals surface area (Å²) in [4.78, 5) is 18.0. The third-order valence-electron chi connectivity index (χ3n) is 3.58. The van der Waals surface area contributed by atoms with Crippen LogP contribution < -0.4 is 5.56 Å². The largest absolute Gasteiger partial charge is 0.323 e. The van der Waals surface area contributed by atoms with E-state index in [1.165, 1.54) is 0 Å². The van der Waals surface area contributed by atoms with Crippen LogP contribution in [0.3, 0.4) is 0 Å². The Labute approximate surface area is 125 Å². The molecule has 102 valence electrons. The van der Waals surface area contributed by atoms with Crippen molar-refractivity contribution in [2.75, 3.05) is 0 Å². The molecule has 0 bridgehead atoms. The van der Waals surface area contributed by atoms with Gasteiger partial charge in [0.05, 0.1) is 11.1 Å². The second-order valence-electron chi connectivity index (χ2n) is 4.84. The summed E-state index contributed by atoms with van der Waals surface area (Å²) < 4.78 is 2.03. The molecule has 0 radical (unpaired) electrons. The summed E-state index contributed by atoms with van der Waals surface area (Å²) in [5, 5.41) is 0.740. The smallest absolute Gasteiger partial charge is 0.267 e. The van der Waals surface area contributed by atoms with Crippen molar-refractivity contribution in [2.45, 2.75) is 20.8 Å². The topological polar surface area (TPSA) is 37.8 Å². The molecule has 0 saturated heterocycles. The molecule has 0 aliphatic heterocycles. The van der Waals surface area contributed by atoms with Gasteiger partial charge in [0, 0.05) is 4.88 Å². The summed E-state index contributed by atoms with van der Waals surface area (Å²) in [7, 11) is 0. The summed E-state index contributed by atoms with van der Waals surface area (Å²) in [6.45, 7) is 5.98. The first-order chi connectivity index (χ1) is 9.50. The number of thiophene rings is 1. The van der Waals surface area contributed by atoms with Crippen LogP contribution in [0.25, 0.3) is 15.9 Å². The van der Waals surface area contributed by atoms with Gasteiger partial charge < -0.3 is 4.98 Å². The number of hydrogen-bond acceptors (Lipinski definition) is 3. The number of nitrogens with one attached hydrogen (secondary N) is 1. The van der Waals surface area contributed by atoms with Gasteiger partial charge in [-0.2, -0.15) is 0 Å². The SMILES string of the molecule is Cc1ccccc1-n1c(=S)[nH]c2sc(C)c(C)c2c1=O. The van der Waals surface area contributed by atoms with Crippen LogP contribution in [0.5, 0.6) is 0 Å². The Morgan fingerprint density at radius 3 is 2.60 bits per heavy atom. The van der Waals surface area contributed by atoms with Gasteiger partial charge in [0.2, 0.25) is 0 Å². The van der Waals surface area contributed by atoms with E-state index in [2.05, 4.69) is 4.98 Å². The van der Waals surface area contributed by atoms with E-state index in [0.717, 1.165) is 31.9 Å². The summed E-state index contributed by atoms with van der Waals surface area (Å²) in [5.74, 6) is 0. The normalized spacial score (nSPS) is 11.2. The summed E-state index contributed by atoms with van der Waals surface area (Å²) in [6.07, 6.45) is 0. The van der Waals surface area contributed by atoms with Gasteiger partial charge in [-0.15, -0.1) is 11.3 Å². The van der Waals surface area contributed by atoms with Crippen molar-refractivity contribution in [3.8, 4) is 5.69 Å². The molecule has 5 heteroatoms. The number of nitrogens with zero attached hydrogens (tertiary/aromatic N) is 1. The van der Waals surface area contributed by atoms with Crippen molar-refractivity contribution >= 4 is 33.8 Å². The standard InChI is InChI=1S/C15H14N2OS2/c1-8-6-4-5-7-11(8)17-14(18)12-9(2)10(3)20-13(12)16-15(17)19/h4-7H,1-3H3,(H,16,19). The minimum atomic E-state index is -0.0418. The van der Waals surface area contributed by atoms with Gasteiger partial charge in [-0.1, -0.05) is 18.2 Å². The van der Waals surface area contributed by atoms with E-state index < -0.39 is 0 Å². The first kappa shape index (κ1) is 13.3. The zero-order valence-electron chi connectivity index (χ0n) is 11.5. The van der Waals surface area contributed by atoms with Gasteiger partial charge in [-0.25, -0.2) is 0 Å². The Balaban J connectivity index is 2.50. The number of aromatic nitrogens is 2. The summed E-state index contributed by atoms with van der Waals surface area (Å²) >= 11 is 6.95. The molecule has 0 saturated carbocycles. The van der Waals surface area contributed by atoms with E-state index in [-0.39, 0.29) is 5.56 Å². The molecule has 20 heavy (non-hydrogen) atoms. The van der Waals surface area contributed by atoms with Gasteiger partial charge in [0.1, 0.15) is 4.83 Å². The number of aromatic amines is 1. The Hall–Kier alpha value is -1.72. The van der Waals surface area contributed by atoms with Crippen molar-refractivity contribution < 1.29 is 0 Å². The molecule has 0 aliphatic carbocycles. The van der Waals surface area contributed by atoms with Crippen LogP contribution in [-0.2, 0) is 0 Å². The van der Waals surface area contributed by atoms with Crippen molar-refractivity contribution in [2.24, 2.45) is 0 Å². The van der Waals surface area contributed by atoms with E-state index in [0.29, 0.717) is 4.77 Å². The van der Waals surface area contributed by atoms with Gasteiger partial charge in [0.25, 0.3) is 5.56 Å². The van der Waals surface area contributed by atoms with E-state index in [9.17, 15) is 4.79 Å². The second kappa shape index (κ2) is 4.68. The fraction of sp³-hybridized carbons (Fsp3) is 0.200. The van der Waals surface area contributed by atoms with Crippen LogP contribution in [0.4, 0.5) is 0 Å². The molecule has 3 nitrogen and oxygen atoms in total. The lowest BCUT2D eigenvalue weighted by atomic mass is 10.2. The number of benzene rings is 1. The van der Waals surface area contributed by atoms with E-state index in [4.69, 9.17) is 12.2 Å². The van der Waals surface area contributed by atoms with Crippen molar-refractivity contribution in [3.05, 3.63) is 55.4 Å². The van der Waals surface area contributed by atoms with Crippen molar-refractivity contribution in [3.63, 3.8) is 0 Å². The number of H-pyrrole nitrogens is 1. The molecule has 2 heterocycles. The van der Waals surface area contributed by atoms with Crippen LogP contribution >= 0.6 is 23.6 Å². The molecule has 2 aromatic heterocycles. The lowest BCUT2D eigenvalue weighted by molar-refractivity contribution is 0.932. The summed E-state index contributed by atoms with van der Waals surface area (Å²) in [5.41, 5.74) is 2.85. The third kappa shape index (κ3) is 1.85. The molecule has 0 fully saturated rings. The Morgan fingerprint density at radius 2 is 1.90 bits per heavy atom. The van der Waals surface area contributed by atoms with Gasteiger partial charge in [-0.3, -0.25) is 9.36 Å². The first-order valence-electron chi connectivity index (χ1n) is 6.31. The molecule has 3 aromatic rings. The monoisotopic (exact) mass is 302 g/mol. The van der Waals surface area contributed by atoms with Crippen LogP contribution in [-0.4, -0.2) is 9.55 Å². The third-order valence-corrected chi connectivity index (χ3v) is 4.99. The Bertz CT molecular complexity index is 931. The summed E-state index contributed by atoms with van der Waals surface area (Å²) in [6, 6.07) is 7.77. The molecule has 1 N–H and O–H groups in total. The average Bonchev–Trinajstić information content (AvgIpc) is 2.67. The Morgan fingerprint density at radius 1 is 1.20 bits per heavy atom. The molecular formula is C15H14N2OS2. The zero-order chi connectivity index (χ0) is 14.4. The molecule has 3 rings (SSSR count). The predicted molar refractivity (Wildman–Crippen MR) is 86.8 cm³/mol. The molecule has 0 spiro atoms. The van der Waals surface area contributed by atoms with Crippen molar-refractivity contribution in [1.29, 1.82) is 0 Å². The number of para-hydroxylation sites is 1. The fourth-order valence-corrected chi connectivity index (χ4v) is 3.76. The highest BCUT2D eigenvalue weighted by molar-refractivity contribution is 7.71. The van der Waals surface area contributed by atoms with Gasteiger partial charge in [0.15, 0.2) is 4.77 Å². The molecule has 1 aromatic carbocycles. The minimum absolute atomic E-state index is 0.0418. The number of rotatable bonds is 1. The van der Waals surface area contributed by atoms with E-state index in [1.807, 2.05) is 45.0 Å². The highest BCUT2D eigenvalue weighted by atomic mass is 32.1. The van der Waals surface area contributed by atoms with E-state index in [1.54, 1.807) is 15.9 Å². The average molecular weight is 302 g/mol. The van der Waals surface area contributed by atoms with Gasteiger partial charge >= 0.3 is 0 Å². The Kier molecular flexibility index (Phi) is 3.11. The zero-order valence-corrected chi connectivity index (χ0v) is 13.1. The quantitative estimate of drug-likeness (QED) is 0.689. The molecule has 0 unspecified atom stereocenters. The van der Waals surface area contributed by atoms with Crippen LogP contribution in [0.15, 0.2) is 29.1 Å². The number of hydrogen-bond donors (Lipinski definition) is 1. The molecule has 0 atom stereocenters.